The molecule has 4 heterocycles. The minimum Gasteiger partial charge on any atom is -0.329 e. The summed E-state index contributed by atoms with van der Waals surface area (Å²) < 4.78 is 0. The first-order chi connectivity index (χ1) is 10.2. The van der Waals surface area contributed by atoms with E-state index in [2.05, 4.69) is 46.8 Å². The third-order valence-corrected chi connectivity index (χ3v) is 5.51. The van der Waals surface area contributed by atoms with Crippen molar-refractivity contribution < 1.29 is 0 Å². The van der Waals surface area contributed by atoms with Crippen LogP contribution < -0.4 is 5.73 Å². The molecule has 4 heteroatoms. The van der Waals surface area contributed by atoms with E-state index < -0.39 is 0 Å². The normalized spacial score (nSPS) is 31.8. The van der Waals surface area contributed by atoms with Gasteiger partial charge in [0.15, 0.2) is 0 Å². The van der Waals surface area contributed by atoms with Gasteiger partial charge in [0, 0.05) is 30.9 Å². The standard InChI is InChI=1S/C17H28N4/c1-3-21(11-16-6-4-5-14(2)19-16)17(12-18)13-20-9-7-15(17)8-10-20/h4-6,15H,3,7-13,18H2,1-2H3. The highest BCUT2D eigenvalue weighted by Crippen LogP contribution is 2.39. The van der Waals surface area contributed by atoms with Gasteiger partial charge in [-0.3, -0.25) is 9.88 Å². The number of pyridine rings is 1. The second-order valence-electron chi connectivity index (χ2n) is 6.64. The Labute approximate surface area is 128 Å². The Bertz CT molecular complexity index is 481. The lowest BCUT2D eigenvalue weighted by Crippen LogP contribution is -2.69. The second-order valence-corrected chi connectivity index (χ2v) is 6.64. The third kappa shape index (κ3) is 2.72. The van der Waals surface area contributed by atoms with Gasteiger partial charge in [-0.25, -0.2) is 0 Å². The molecule has 2 N–H and O–H groups in total. The molecule has 2 bridgehead atoms. The van der Waals surface area contributed by atoms with Crippen molar-refractivity contribution in [2.75, 3.05) is 32.7 Å². The Morgan fingerprint density at radius 3 is 2.67 bits per heavy atom. The van der Waals surface area contributed by atoms with Gasteiger partial charge in [-0.2, -0.15) is 0 Å². The maximum atomic E-state index is 6.30. The topological polar surface area (TPSA) is 45.4 Å². The van der Waals surface area contributed by atoms with Crippen LogP contribution in [0.3, 0.4) is 0 Å². The number of piperidine rings is 3. The van der Waals surface area contributed by atoms with Gasteiger partial charge in [0.05, 0.1) is 5.69 Å². The number of aryl methyl sites for hydroxylation is 1. The Morgan fingerprint density at radius 2 is 2.14 bits per heavy atom. The summed E-state index contributed by atoms with van der Waals surface area (Å²) in [5.41, 5.74) is 8.71. The summed E-state index contributed by atoms with van der Waals surface area (Å²) in [6, 6.07) is 6.31. The monoisotopic (exact) mass is 288 g/mol. The molecule has 21 heavy (non-hydrogen) atoms. The molecule has 1 aromatic heterocycles. The number of nitrogens with zero attached hydrogens (tertiary/aromatic N) is 3. The zero-order valence-corrected chi connectivity index (χ0v) is 13.4. The van der Waals surface area contributed by atoms with E-state index in [1.807, 2.05) is 0 Å². The Kier molecular flexibility index (Phi) is 4.29. The van der Waals surface area contributed by atoms with E-state index in [1.165, 1.54) is 31.6 Å². The number of hydrogen-bond acceptors (Lipinski definition) is 4. The van der Waals surface area contributed by atoms with Crippen LogP contribution in [0.2, 0.25) is 0 Å². The summed E-state index contributed by atoms with van der Waals surface area (Å²) in [6.07, 6.45) is 2.60. The second kappa shape index (κ2) is 6.03. The molecule has 0 amide bonds. The lowest BCUT2D eigenvalue weighted by molar-refractivity contribution is -0.0696. The van der Waals surface area contributed by atoms with E-state index in [9.17, 15) is 0 Å². The average Bonchev–Trinajstić information content (AvgIpc) is 2.53. The molecule has 4 rings (SSSR count). The van der Waals surface area contributed by atoms with Crippen LogP contribution in [0.4, 0.5) is 0 Å². The fraction of sp³-hybridized carbons (Fsp3) is 0.706. The van der Waals surface area contributed by atoms with Crippen LogP contribution in [0.1, 0.15) is 31.2 Å². The van der Waals surface area contributed by atoms with Crippen LogP contribution in [0.25, 0.3) is 0 Å². The molecule has 3 fully saturated rings. The summed E-state index contributed by atoms with van der Waals surface area (Å²) in [7, 11) is 0. The predicted octanol–water partition coefficient (Wildman–Crippen LogP) is 1.64. The van der Waals surface area contributed by atoms with E-state index in [0.717, 1.165) is 37.8 Å². The quantitative estimate of drug-likeness (QED) is 0.894. The molecule has 1 unspecified atom stereocenters. The lowest BCUT2D eigenvalue weighted by Gasteiger charge is -2.57. The summed E-state index contributed by atoms with van der Waals surface area (Å²) >= 11 is 0. The first-order valence-electron chi connectivity index (χ1n) is 8.28. The van der Waals surface area contributed by atoms with Crippen LogP contribution in [0.15, 0.2) is 18.2 Å². The van der Waals surface area contributed by atoms with Gasteiger partial charge in [0.1, 0.15) is 0 Å². The maximum absolute atomic E-state index is 6.30. The minimum absolute atomic E-state index is 0.149. The Morgan fingerprint density at radius 1 is 1.38 bits per heavy atom. The van der Waals surface area contributed by atoms with Crippen molar-refractivity contribution in [3.63, 3.8) is 0 Å². The number of aromatic nitrogens is 1. The molecule has 3 aliphatic rings. The zero-order chi connectivity index (χ0) is 14.9. The molecule has 0 aliphatic carbocycles. The Hall–Kier alpha value is -0.970. The third-order valence-electron chi connectivity index (χ3n) is 5.51. The largest absolute Gasteiger partial charge is 0.329 e. The van der Waals surface area contributed by atoms with Crippen LogP contribution in [0.5, 0.6) is 0 Å². The van der Waals surface area contributed by atoms with E-state index in [4.69, 9.17) is 5.73 Å². The van der Waals surface area contributed by atoms with Gasteiger partial charge >= 0.3 is 0 Å². The summed E-state index contributed by atoms with van der Waals surface area (Å²) in [6.45, 7) is 10.7. The van der Waals surface area contributed by atoms with Crippen molar-refractivity contribution in [2.24, 2.45) is 11.7 Å². The molecule has 3 aliphatic heterocycles. The first kappa shape index (κ1) is 14.9. The molecule has 0 spiro atoms. The van der Waals surface area contributed by atoms with Gasteiger partial charge in [-0.05, 0) is 57.5 Å². The van der Waals surface area contributed by atoms with Gasteiger partial charge in [0.2, 0.25) is 0 Å². The minimum atomic E-state index is 0.149. The van der Waals surface area contributed by atoms with Crippen LogP contribution in [-0.2, 0) is 6.54 Å². The molecule has 1 aromatic rings. The number of rotatable bonds is 5. The van der Waals surface area contributed by atoms with E-state index in [-0.39, 0.29) is 5.54 Å². The van der Waals surface area contributed by atoms with E-state index in [1.54, 1.807) is 0 Å². The van der Waals surface area contributed by atoms with Crippen LogP contribution in [-0.4, -0.2) is 53.0 Å². The van der Waals surface area contributed by atoms with Crippen molar-refractivity contribution in [1.29, 1.82) is 0 Å². The van der Waals surface area contributed by atoms with Crippen molar-refractivity contribution in [3.05, 3.63) is 29.6 Å². The van der Waals surface area contributed by atoms with E-state index in [0.29, 0.717) is 0 Å². The Balaban J connectivity index is 1.83. The van der Waals surface area contributed by atoms with Gasteiger partial charge in [-0.1, -0.05) is 13.0 Å². The van der Waals surface area contributed by atoms with Gasteiger partial charge < -0.3 is 10.6 Å². The molecule has 0 saturated carbocycles. The molecular formula is C17H28N4. The van der Waals surface area contributed by atoms with Gasteiger partial charge in [-0.15, -0.1) is 0 Å². The van der Waals surface area contributed by atoms with E-state index >= 15 is 0 Å². The zero-order valence-electron chi connectivity index (χ0n) is 13.4. The number of likely N-dealkylation sites (N-methyl/N-ethyl adjacent to an activating group) is 1. The van der Waals surface area contributed by atoms with Crippen LogP contribution >= 0.6 is 0 Å². The summed E-state index contributed by atoms with van der Waals surface area (Å²) in [4.78, 5) is 9.87. The molecule has 0 aromatic carbocycles. The predicted molar refractivity (Wildman–Crippen MR) is 86.0 cm³/mol. The van der Waals surface area contributed by atoms with Crippen molar-refractivity contribution in [2.45, 2.75) is 38.8 Å². The number of fused-ring (bicyclic) bond motifs is 3. The summed E-state index contributed by atoms with van der Waals surface area (Å²) in [5, 5.41) is 0. The average molecular weight is 288 g/mol. The molecule has 116 valence electrons. The molecule has 4 nitrogen and oxygen atoms in total. The van der Waals surface area contributed by atoms with Crippen molar-refractivity contribution in [1.82, 2.24) is 14.8 Å². The van der Waals surface area contributed by atoms with Crippen LogP contribution in [0, 0.1) is 12.8 Å². The highest BCUT2D eigenvalue weighted by molar-refractivity contribution is 5.12. The molecule has 1 atom stereocenters. The molecule has 3 saturated heterocycles. The fourth-order valence-corrected chi connectivity index (χ4v) is 4.33. The number of nitrogens with two attached hydrogens (primary N) is 1. The van der Waals surface area contributed by atoms with Crippen molar-refractivity contribution >= 4 is 0 Å². The lowest BCUT2D eigenvalue weighted by atomic mass is 9.71. The highest BCUT2D eigenvalue weighted by atomic mass is 15.3. The van der Waals surface area contributed by atoms with Crippen molar-refractivity contribution in [3.8, 4) is 0 Å². The first-order valence-corrected chi connectivity index (χ1v) is 8.28. The fourth-order valence-electron chi connectivity index (χ4n) is 4.33. The smallest absolute Gasteiger partial charge is 0.0547 e. The highest BCUT2D eigenvalue weighted by Gasteiger charge is 2.48. The maximum Gasteiger partial charge on any atom is 0.0547 e. The van der Waals surface area contributed by atoms with Gasteiger partial charge in [0.25, 0.3) is 0 Å². The summed E-state index contributed by atoms with van der Waals surface area (Å²) in [5.74, 6) is 0.747. The molecule has 0 radical (unpaired) electrons. The molecular weight excluding hydrogens is 260 g/mol. The SMILES string of the molecule is CCN(Cc1cccc(C)n1)C1(CN)CN2CCC1CC2. The number of hydrogen-bond donors (Lipinski definition) is 1.